The van der Waals surface area contributed by atoms with E-state index in [1.807, 2.05) is 0 Å². The zero-order chi connectivity index (χ0) is 24.2. The van der Waals surface area contributed by atoms with Crippen LogP contribution in [0.4, 0.5) is 0 Å². The molecular formula is C30H48O3. The van der Waals surface area contributed by atoms with Crippen molar-refractivity contribution >= 4 is 5.97 Å². The molecule has 4 rings (SSSR count). The summed E-state index contributed by atoms with van der Waals surface area (Å²) in [5.41, 5.74) is 2.27. The number of hydrogen-bond acceptors (Lipinski definition) is 3. The van der Waals surface area contributed by atoms with E-state index in [0.29, 0.717) is 24.2 Å². The van der Waals surface area contributed by atoms with E-state index in [9.17, 15) is 9.90 Å². The summed E-state index contributed by atoms with van der Waals surface area (Å²) in [5, 5.41) is 11.8. The third kappa shape index (κ3) is 4.15. The molecule has 0 saturated heterocycles. The monoisotopic (exact) mass is 456 g/mol. The van der Waals surface area contributed by atoms with E-state index >= 15 is 0 Å². The number of esters is 1. The molecule has 2 fully saturated rings. The lowest BCUT2D eigenvalue weighted by molar-refractivity contribution is -0.163. The molecule has 33 heavy (non-hydrogen) atoms. The Balaban J connectivity index is 1.54. The van der Waals surface area contributed by atoms with Crippen LogP contribution in [-0.4, -0.2) is 22.8 Å². The molecule has 4 aliphatic carbocycles. The van der Waals surface area contributed by atoms with Gasteiger partial charge in [0.25, 0.3) is 0 Å². The molecule has 0 spiro atoms. The molecule has 0 aromatic carbocycles. The SMILES string of the molecule is CC(=O)O[C@@H]1CC[C@]2(C)C3=CC[C@]4(C)[C@H](CC[C@H]4[C@H](C)CC[C@H](C)C(C)C)C3=CC[C@@]2(O)C1. The van der Waals surface area contributed by atoms with E-state index in [4.69, 9.17) is 4.74 Å². The average Bonchev–Trinajstić information content (AvgIpc) is 3.09. The van der Waals surface area contributed by atoms with Gasteiger partial charge in [-0.3, -0.25) is 4.79 Å². The van der Waals surface area contributed by atoms with Gasteiger partial charge in [-0.15, -0.1) is 0 Å². The second kappa shape index (κ2) is 8.85. The lowest BCUT2D eigenvalue weighted by atomic mass is 9.50. The van der Waals surface area contributed by atoms with Crippen molar-refractivity contribution in [3.8, 4) is 0 Å². The summed E-state index contributed by atoms with van der Waals surface area (Å²) >= 11 is 0. The summed E-state index contributed by atoms with van der Waals surface area (Å²) < 4.78 is 5.53. The van der Waals surface area contributed by atoms with Crippen LogP contribution < -0.4 is 0 Å². The van der Waals surface area contributed by atoms with Crippen molar-refractivity contribution in [2.24, 2.45) is 40.4 Å². The molecular weight excluding hydrogens is 408 g/mol. The molecule has 3 nitrogen and oxygen atoms in total. The van der Waals surface area contributed by atoms with E-state index < -0.39 is 5.60 Å². The summed E-state index contributed by atoms with van der Waals surface area (Å²) in [7, 11) is 0. The van der Waals surface area contributed by atoms with Gasteiger partial charge in [0.15, 0.2) is 0 Å². The maximum Gasteiger partial charge on any atom is 0.302 e. The van der Waals surface area contributed by atoms with Crippen molar-refractivity contribution in [3.05, 3.63) is 23.3 Å². The number of rotatable bonds is 6. The van der Waals surface area contributed by atoms with Gasteiger partial charge in [0, 0.05) is 18.8 Å². The first-order valence-corrected chi connectivity index (χ1v) is 13.7. The number of carbonyl (C=O) groups excluding carboxylic acids is 1. The van der Waals surface area contributed by atoms with Gasteiger partial charge in [0.1, 0.15) is 6.10 Å². The van der Waals surface area contributed by atoms with Crippen LogP contribution in [0.2, 0.25) is 0 Å². The molecule has 0 aromatic rings. The van der Waals surface area contributed by atoms with Crippen molar-refractivity contribution < 1.29 is 14.6 Å². The van der Waals surface area contributed by atoms with Gasteiger partial charge in [-0.05, 0) is 84.7 Å². The van der Waals surface area contributed by atoms with Gasteiger partial charge in [0.05, 0.1) is 5.60 Å². The van der Waals surface area contributed by atoms with E-state index in [1.165, 1.54) is 38.2 Å². The minimum atomic E-state index is -0.813. The van der Waals surface area contributed by atoms with Crippen LogP contribution in [0.3, 0.4) is 0 Å². The van der Waals surface area contributed by atoms with Crippen LogP contribution in [0.15, 0.2) is 23.3 Å². The van der Waals surface area contributed by atoms with Crippen molar-refractivity contribution in [1.29, 1.82) is 0 Å². The number of aliphatic hydroxyl groups is 1. The zero-order valence-corrected chi connectivity index (χ0v) is 22.2. The highest BCUT2D eigenvalue weighted by molar-refractivity contribution is 5.66. The molecule has 3 heteroatoms. The van der Waals surface area contributed by atoms with Crippen LogP contribution in [0, 0.1) is 40.4 Å². The van der Waals surface area contributed by atoms with Crippen LogP contribution in [0.5, 0.6) is 0 Å². The minimum absolute atomic E-state index is 0.157. The Morgan fingerprint density at radius 3 is 2.48 bits per heavy atom. The van der Waals surface area contributed by atoms with Crippen LogP contribution in [0.25, 0.3) is 0 Å². The summed E-state index contributed by atoms with van der Waals surface area (Å²) in [6.45, 7) is 15.9. The normalized spacial score (nSPS) is 41.9. The van der Waals surface area contributed by atoms with Crippen molar-refractivity contribution in [1.82, 2.24) is 0 Å². The molecule has 186 valence electrons. The fraction of sp³-hybridized carbons (Fsp3) is 0.833. The number of ether oxygens (including phenoxy) is 1. The second-order valence-electron chi connectivity index (χ2n) is 13.0. The summed E-state index contributed by atoms with van der Waals surface area (Å²) in [6, 6.07) is 0. The quantitative estimate of drug-likeness (QED) is 0.428. The van der Waals surface area contributed by atoms with E-state index in [2.05, 4.69) is 53.7 Å². The average molecular weight is 457 g/mol. The van der Waals surface area contributed by atoms with Gasteiger partial charge >= 0.3 is 5.97 Å². The molecule has 0 unspecified atom stereocenters. The van der Waals surface area contributed by atoms with E-state index in [-0.39, 0.29) is 17.5 Å². The molecule has 0 aliphatic heterocycles. The molecule has 4 aliphatic rings. The van der Waals surface area contributed by atoms with Crippen molar-refractivity contribution in [3.63, 3.8) is 0 Å². The lowest BCUT2D eigenvalue weighted by Gasteiger charge is -2.57. The Bertz CT molecular complexity index is 824. The van der Waals surface area contributed by atoms with Gasteiger partial charge in [0.2, 0.25) is 0 Å². The van der Waals surface area contributed by atoms with Crippen LogP contribution in [-0.2, 0) is 9.53 Å². The van der Waals surface area contributed by atoms with Gasteiger partial charge in [-0.1, -0.05) is 66.5 Å². The highest BCUT2D eigenvalue weighted by Crippen LogP contribution is 2.65. The Kier molecular flexibility index (Phi) is 6.71. The van der Waals surface area contributed by atoms with Crippen LogP contribution >= 0.6 is 0 Å². The Morgan fingerprint density at radius 2 is 1.82 bits per heavy atom. The fourth-order valence-electron chi connectivity index (χ4n) is 8.18. The van der Waals surface area contributed by atoms with Gasteiger partial charge < -0.3 is 9.84 Å². The molecule has 8 atom stereocenters. The predicted molar refractivity (Wildman–Crippen MR) is 135 cm³/mol. The number of hydrogen-bond donors (Lipinski definition) is 1. The molecule has 0 bridgehead atoms. The molecule has 2 saturated carbocycles. The second-order valence-corrected chi connectivity index (χ2v) is 13.0. The van der Waals surface area contributed by atoms with Crippen molar-refractivity contribution in [2.45, 2.75) is 118 Å². The van der Waals surface area contributed by atoms with E-state index in [1.54, 1.807) is 5.57 Å². The Labute approximate surface area is 202 Å². The first kappa shape index (κ1) is 25.0. The molecule has 0 radical (unpaired) electrons. The smallest absolute Gasteiger partial charge is 0.302 e. The Morgan fingerprint density at radius 1 is 1.09 bits per heavy atom. The number of carbonyl (C=O) groups is 1. The number of allylic oxidation sites excluding steroid dienone is 2. The zero-order valence-electron chi connectivity index (χ0n) is 22.2. The maximum atomic E-state index is 11.8. The first-order chi connectivity index (χ1) is 15.4. The van der Waals surface area contributed by atoms with Crippen molar-refractivity contribution in [2.75, 3.05) is 0 Å². The number of fused-ring (bicyclic) bond motifs is 5. The largest absolute Gasteiger partial charge is 0.462 e. The standard InChI is InChI=1S/C30H48O3/c1-19(2)20(3)8-9-21(4)25-10-11-26-24-13-17-30(32)18-23(33-22(5)31)12-16-29(30,7)27(24)14-15-28(25,26)6/h13-14,19-21,23,25-26,32H,8-12,15-18H2,1-7H3/t20-,21+,23+,25-,26+,28-,29+,30+/m0/s1. The summed E-state index contributed by atoms with van der Waals surface area (Å²) in [4.78, 5) is 11.5. The molecule has 0 amide bonds. The summed E-state index contributed by atoms with van der Waals surface area (Å²) in [5.74, 6) is 3.52. The van der Waals surface area contributed by atoms with E-state index in [0.717, 1.165) is 42.9 Å². The third-order valence-corrected chi connectivity index (χ3v) is 10.9. The van der Waals surface area contributed by atoms with Gasteiger partial charge in [-0.25, -0.2) is 0 Å². The lowest BCUT2D eigenvalue weighted by Crippen LogP contribution is -2.56. The Hall–Kier alpha value is -1.09. The maximum absolute atomic E-state index is 11.8. The highest BCUT2D eigenvalue weighted by Gasteiger charge is 2.60. The predicted octanol–water partition coefficient (Wildman–Crippen LogP) is 7.24. The fourth-order valence-corrected chi connectivity index (χ4v) is 8.18. The first-order valence-electron chi connectivity index (χ1n) is 13.7. The summed E-state index contributed by atoms with van der Waals surface area (Å²) in [6.07, 6.45) is 14.2. The van der Waals surface area contributed by atoms with Gasteiger partial charge in [-0.2, -0.15) is 0 Å². The van der Waals surface area contributed by atoms with Crippen LogP contribution in [0.1, 0.15) is 106 Å². The molecule has 0 heterocycles. The molecule has 0 aromatic heterocycles. The minimum Gasteiger partial charge on any atom is -0.462 e. The topological polar surface area (TPSA) is 46.5 Å². The third-order valence-electron chi connectivity index (χ3n) is 10.9. The molecule has 1 N–H and O–H groups in total. The highest BCUT2D eigenvalue weighted by atomic mass is 16.5.